The Morgan fingerprint density at radius 3 is 2.92 bits per heavy atom. The Bertz CT molecular complexity index is 699. The lowest BCUT2D eigenvalue weighted by Crippen LogP contribution is -2.45. The zero-order valence-electron chi connectivity index (χ0n) is 14.0. The summed E-state index contributed by atoms with van der Waals surface area (Å²) in [5.41, 5.74) is 1.15. The van der Waals surface area contributed by atoms with Crippen LogP contribution in [0.15, 0.2) is 30.7 Å². The minimum absolute atomic E-state index is 0.114. The largest absolute Gasteiger partial charge is 0.350 e. The van der Waals surface area contributed by atoms with E-state index in [0.29, 0.717) is 18.1 Å². The number of piperidine rings is 1. The molecule has 0 radical (unpaired) electrons. The molecule has 0 unspecified atom stereocenters. The molecule has 0 bridgehead atoms. The summed E-state index contributed by atoms with van der Waals surface area (Å²) in [6.45, 7) is 3.85. The Morgan fingerprint density at radius 2 is 2.25 bits per heavy atom. The average Bonchev–Trinajstić information content (AvgIpc) is 3.02. The molecule has 0 spiro atoms. The van der Waals surface area contributed by atoms with E-state index in [1.807, 2.05) is 46.9 Å². The molecule has 1 saturated heterocycles. The summed E-state index contributed by atoms with van der Waals surface area (Å²) in [6, 6.07) is 3.86. The predicted octanol–water partition coefficient (Wildman–Crippen LogP) is 2.54. The molecule has 3 rings (SSSR count). The zero-order valence-corrected chi connectivity index (χ0v) is 14.8. The molecule has 24 heavy (non-hydrogen) atoms. The van der Waals surface area contributed by atoms with E-state index in [2.05, 4.69) is 10.1 Å². The summed E-state index contributed by atoms with van der Waals surface area (Å²) in [5.74, 6) is 0.854. The van der Waals surface area contributed by atoms with Crippen LogP contribution in [0, 0.1) is 6.92 Å². The maximum absolute atomic E-state index is 12.6. The first-order valence-electron chi connectivity index (χ1n) is 8.14. The lowest BCUT2D eigenvalue weighted by Gasteiger charge is -2.34. The lowest BCUT2D eigenvalue weighted by atomic mass is 10.1. The third-order valence-corrected chi connectivity index (χ3v) is 4.55. The van der Waals surface area contributed by atoms with E-state index >= 15 is 0 Å². The fraction of sp³-hybridized carbons (Fsp3) is 0.471. The van der Waals surface area contributed by atoms with E-state index in [0.717, 1.165) is 30.8 Å². The Kier molecular flexibility index (Phi) is 5.04. The smallest absolute Gasteiger partial charge is 0.242 e. The third-order valence-electron chi connectivity index (χ3n) is 4.33. The van der Waals surface area contributed by atoms with Crippen molar-refractivity contribution in [2.24, 2.45) is 0 Å². The van der Waals surface area contributed by atoms with Gasteiger partial charge in [-0.3, -0.25) is 9.48 Å². The van der Waals surface area contributed by atoms with E-state index in [9.17, 15) is 4.79 Å². The van der Waals surface area contributed by atoms with Gasteiger partial charge in [0.25, 0.3) is 0 Å². The molecule has 1 aliphatic rings. The Hall–Kier alpha value is -2.08. The quantitative estimate of drug-likeness (QED) is 0.853. The summed E-state index contributed by atoms with van der Waals surface area (Å²) < 4.78 is 1.99. The predicted molar refractivity (Wildman–Crippen MR) is 94.3 cm³/mol. The van der Waals surface area contributed by atoms with Crippen LogP contribution in [0.1, 0.15) is 24.4 Å². The summed E-state index contributed by atoms with van der Waals surface area (Å²) >= 11 is 5.86. The minimum Gasteiger partial charge on any atom is -0.350 e. The summed E-state index contributed by atoms with van der Waals surface area (Å²) in [7, 11) is 1.87. The number of aryl methyl sites for hydroxylation is 1. The lowest BCUT2D eigenvalue weighted by molar-refractivity contribution is -0.131. The van der Waals surface area contributed by atoms with Gasteiger partial charge in [0.2, 0.25) is 5.91 Å². The van der Waals surface area contributed by atoms with E-state index in [-0.39, 0.29) is 11.9 Å². The van der Waals surface area contributed by atoms with Gasteiger partial charge >= 0.3 is 0 Å². The van der Waals surface area contributed by atoms with Crippen molar-refractivity contribution in [2.45, 2.75) is 25.8 Å². The van der Waals surface area contributed by atoms with Gasteiger partial charge in [0.15, 0.2) is 0 Å². The maximum atomic E-state index is 12.6. The number of amides is 1. The number of anilines is 1. The van der Waals surface area contributed by atoms with Crippen LogP contribution in [0.3, 0.4) is 0 Å². The van der Waals surface area contributed by atoms with Gasteiger partial charge in [-0.15, -0.1) is 0 Å². The van der Waals surface area contributed by atoms with Gasteiger partial charge in [0, 0.05) is 32.5 Å². The highest BCUT2D eigenvalue weighted by Crippen LogP contribution is 2.22. The number of hydrogen-bond donors (Lipinski definition) is 0. The van der Waals surface area contributed by atoms with Gasteiger partial charge in [-0.05, 0) is 37.5 Å². The van der Waals surface area contributed by atoms with E-state index < -0.39 is 0 Å². The Balaban J connectivity index is 1.60. The zero-order chi connectivity index (χ0) is 17.1. The fourth-order valence-electron chi connectivity index (χ4n) is 3.01. The molecule has 128 valence electrons. The fourth-order valence-corrected chi connectivity index (χ4v) is 3.12. The van der Waals surface area contributed by atoms with Crippen LogP contribution in [0.2, 0.25) is 5.02 Å². The van der Waals surface area contributed by atoms with Crippen LogP contribution < -0.4 is 4.90 Å². The number of rotatable bonds is 4. The molecule has 1 fully saturated rings. The van der Waals surface area contributed by atoms with Gasteiger partial charge in [0.05, 0.1) is 23.8 Å². The summed E-state index contributed by atoms with van der Waals surface area (Å²) in [4.78, 5) is 20.7. The van der Waals surface area contributed by atoms with Crippen LogP contribution in [0.5, 0.6) is 0 Å². The van der Waals surface area contributed by atoms with Crippen LogP contribution in [0.25, 0.3) is 0 Å². The van der Waals surface area contributed by atoms with Crippen molar-refractivity contribution >= 4 is 23.3 Å². The summed E-state index contributed by atoms with van der Waals surface area (Å²) in [6.07, 6.45) is 7.55. The highest BCUT2D eigenvalue weighted by molar-refractivity contribution is 6.30. The standard InChI is InChI=1S/C17H22ClN5O/c1-13-8-20-23(10-13)15-4-3-7-22(11-15)17(24)12-21(2)16-6-5-14(18)9-19-16/h5-6,8-10,15H,3-4,7,11-12H2,1-2H3/t15-/m0/s1. The molecule has 2 aromatic rings. The Labute approximate surface area is 147 Å². The van der Waals surface area contributed by atoms with Gasteiger partial charge in [-0.2, -0.15) is 5.10 Å². The van der Waals surface area contributed by atoms with Crippen molar-refractivity contribution in [1.29, 1.82) is 0 Å². The molecule has 1 aliphatic heterocycles. The number of aromatic nitrogens is 3. The molecule has 7 heteroatoms. The van der Waals surface area contributed by atoms with E-state index in [4.69, 9.17) is 11.6 Å². The second kappa shape index (κ2) is 7.21. The number of carbonyl (C=O) groups is 1. The van der Waals surface area contributed by atoms with Crippen LogP contribution in [-0.4, -0.2) is 52.3 Å². The number of pyridine rings is 1. The molecule has 0 aliphatic carbocycles. The SMILES string of the molecule is Cc1cnn([C@H]2CCCN(C(=O)CN(C)c3ccc(Cl)cn3)C2)c1. The first-order valence-corrected chi connectivity index (χ1v) is 8.52. The van der Waals surface area contributed by atoms with Gasteiger partial charge in [-0.1, -0.05) is 11.6 Å². The molecule has 3 heterocycles. The molecule has 0 N–H and O–H groups in total. The van der Waals surface area contributed by atoms with Crippen LogP contribution in [-0.2, 0) is 4.79 Å². The minimum atomic E-state index is 0.114. The van der Waals surface area contributed by atoms with Crippen molar-refractivity contribution in [3.05, 3.63) is 41.3 Å². The van der Waals surface area contributed by atoms with Gasteiger partial charge in [0.1, 0.15) is 5.82 Å². The van der Waals surface area contributed by atoms with E-state index in [1.54, 1.807) is 12.3 Å². The molecular weight excluding hydrogens is 326 g/mol. The highest BCUT2D eigenvalue weighted by Gasteiger charge is 2.25. The van der Waals surface area contributed by atoms with Gasteiger partial charge < -0.3 is 9.80 Å². The second-order valence-corrected chi connectivity index (χ2v) is 6.76. The molecule has 1 atom stereocenters. The maximum Gasteiger partial charge on any atom is 0.242 e. The molecule has 0 aromatic carbocycles. The first-order chi connectivity index (χ1) is 11.5. The van der Waals surface area contributed by atoms with Crippen molar-refractivity contribution in [2.75, 3.05) is 31.6 Å². The summed E-state index contributed by atoms with van der Waals surface area (Å²) in [5, 5.41) is 4.99. The topological polar surface area (TPSA) is 54.3 Å². The van der Waals surface area contributed by atoms with Crippen molar-refractivity contribution < 1.29 is 4.79 Å². The first kappa shape index (κ1) is 16.8. The van der Waals surface area contributed by atoms with Gasteiger partial charge in [-0.25, -0.2) is 4.98 Å². The second-order valence-electron chi connectivity index (χ2n) is 6.32. The highest BCUT2D eigenvalue weighted by atomic mass is 35.5. The Morgan fingerprint density at radius 1 is 1.42 bits per heavy atom. The van der Waals surface area contributed by atoms with Crippen molar-refractivity contribution in [3.8, 4) is 0 Å². The number of likely N-dealkylation sites (tertiary alicyclic amines) is 1. The monoisotopic (exact) mass is 347 g/mol. The van der Waals surface area contributed by atoms with Crippen molar-refractivity contribution in [1.82, 2.24) is 19.7 Å². The number of likely N-dealkylation sites (N-methyl/N-ethyl adjacent to an activating group) is 1. The van der Waals surface area contributed by atoms with Crippen molar-refractivity contribution in [3.63, 3.8) is 0 Å². The number of nitrogens with zero attached hydrogens (tertiary/aromatic N) is 5. The van der Waals surface area contributed by atoms with E-state index in [1.165, 1.54) is 0 Å². The number of carbonyl (C=O) groups excluding carboxylic acids is 1. The molecule has 6 nitrogen and oxygen atoms in total. The molecule has 0 saturated carbocycles. The molecular formula is C17H22ClN5O. The normalized spacial score (nSPS) is 17.8. The number of hydrogen-bond acceptors (Lipinski definition) is 4. The number of halogens is 1. The molecule has 2 aromatic heterocycles. The van der Waals surface area contributed by atoms with Crippen LogP contribution >= 0.6 is 11.6 Å². The van der Waals surface area contributed by atoms with Crippen LogP contribution in [0.4, 0.5) is 5.82 Å². The third kappa shape index (κ3) is 3.87. The average molecular weight is 348 g/mol. The molecule has 1 amide bonds.